The second-order valence-electron chi connectivity index (χ2n) is 5.04. The van der Waals surface area contributed by atoms with Gasteiger partial charge in [0.1, 0.15) is 12.2 Å². The van der Waals surface area contributed by atoms with Gasteiger partial charge >= 0.3 is 5.97 Å². The minimum absolute atomic E-state index is 0.0733. The van der Waals surface area contributed by atoms with E-state index in [1.165, 1.54) is 11.8 Å². The van der Waals surface area contributed by atoms with Crippen LogP contribution in [0.5, 0.6) is 0 Å². The van der Waals surface area contributed by atoms with Crippen LogP contribution in [0.4, 0.5) is 5.69 Å². The van der Waals surface area contributed by atoms with Crippen LogP contribution >= 0.6 is 0 Å². The fourth-order valence-electron chi connectivity index (χ4n) is 2.11. The molecule has 1 atom stereocenters. The third kappa shape index (κ3) is 2.99. The Hall–Kier alpha value is -2.51. The molecule has 0 spiro atoms. The van der Waals surface area contributed by atoms with Gasteiger partial charge in [-0.25, -0.2) is 4.79 Å². The number of hydrogen-bond acceptors (Lipinski definition) is 5. The van der Waals surface area contributed by atoms with Crippen molar-refractivity contribution in [2.45, 2.75) is 38.8 Å². The number of pyridine rings is 1. The number of nitro groups is 1. The lowest BCUT2D eigenvalue weighted by Crippen LogP contribution is -2.45. The SMILES string of the molecule is Cc1ncc([N+](=O)[O-])cc1C(=O)N(C1CC1)C(C)C(=O)O. The molecule has 8 nitrogen and oxygen atoms in total. The van der Waals surface area contributed by atoms with E-state index < -0.39 is 22.8 Å². The quantitative estimate of drug-likeness (QED) is 0.648. The Morgan fingerprint density at radius 2 is 2.14 bits per heavy atom. The number of carbonyl (C=O) groups is 2. The van der Waals surface area contributed by atoms with Crippen molar-refractivity contribution in [1.82, 2.24) is 9.88 Å². The van der Waals surface area contributed by atoms with Crippen LogP contribution in [0.3, 0.4) is 0 Å². The molecule has 21 heavy (non-hydrogen) atoms. The summed E-state index contributed by atoms with van der Waals surface area (Å²) in [5.41, 5.74) is 0.126. The highest BCUT2D eigenvalue weighted by Gasteiger charge is 2.39. The zero-order valence-electron chi connectivity index (χ0n) is 11.6. The molecule has 0 aromatic carbocycles. The second kappa shape index (κ2) is 5.47. The normalized spacial score (nSPS) is 15.3. The molecule has 0 radical (unpaired) electrons. The molecule has 1 saturated carbocycles. The summed E-state index contributed by atoms with van der Waals surface area (Å²) in [7, 11) is 0. The largest absolute Gasteiger partial charge is 0.480 e. The first-order chi connectivity index (χ1) is 9.82. The minimum Gasteiger partial charge on any atom is -0.480 e. The van der Waals surface area contributed by atoms with Crippen molar-refractivity contribution < 1.29 is 19.6 Å². The second-order valence-corrected chi connectivity index (χ2v) is 5.04. The zero-order valence-corrected chi connectivity index (χ0v) is 11.6. The first kappa shape index (κ1) is 14.9. The van der Waals surface area contributed by atoms with E-state index in [0.29, 0.717) is 5.69 Å². The Morgan fingerprint density at radius 3 is 2.62 bits per heavy atom. The molecule has 1 aromatic rings. The van der Waals surface area contributed by atoms with Crippen LogP contribution in [0.15, 0.2) is 12.3 Å². The van der Waals surface area contributed by atoms with Crippen LogP contribution in [-0.2, 0) is 4.79 Å². The van der Waals surface area contributed by atoms with Crippen LogP contribution in [-0.4, -0.2) is 43.9 Å². The number of carboxylic acids is 1. The number of rotatable bonds is 5. The molecule has 112 valence electrons. The lowest BCUT2D eigenvalue weighted by molar-refractivity contribution is -0.385. The lowest BCUT2D eigenvalue weighted by Gasteiger charge is -2.26. The van der Waals surface area contributed by atoms with Gasteiger partial charge in [0.15, 0.2) is 0 Å². The van der Waals surface area contributed by atoms with Crippen molar-refractivity contribution in [2.75, 3.05) is 0 Å². The van der Waals surface area contributed by atoms with Gasteiger partial charge in [-0.2, -0.15) is 0 Å². The highest BCUT2D eigenvalue weighted by atomic mass is 16.6. The standard InChI is InChI=1S/C13H15N3O5/c1-7-11(5-10(6-14-7)16(20)21)12(17)15(9-3-4-9)8(2)13(18)19/h5-6,8-9H,3-4H2,1-2H3,(H,18,19). The molecule has 1 aliphatic rings. The number of carbonyl (C=O) groups excluding carboxylic acids is 1. The van der Waals surface area contributed by atoms with Crippen molar-refractivity contribution in [3.63, 3.8) is 0 Å². The molecule has 1 unspecified atom stereocenters. The first-order valence-corrected chi connectivity index (χ1v) is 6.49. The molecular weight excluding hydrogens is 278 g/mol. The molecule has 8 heteroatoms. The third-order valence-corrected chi connectivity index (χ3v) is 3.46. The molecule has 2 rings (SSSR count). The van der Waals surface area contributed by atoms with Gasteiger partial charge in [-0.1, -0.05) is 0 Å². The first-order valence-electron chi connectivity index (χ1n) is 6.49. The van der Waals surface area contributed by atoms with Gasteiger partial charge in [-0.05, 0) is 26.7 Å². The maximum atomic E-state index is 12.6. The molecule has 1 aromatic heterocycles. The smallest absolute Gasteiger partial charge is 0.326 e. The van der Waals surface area contributed by atoms with Crippen molar-refractivity contribution >= 4 is 17.6 Å². The molecular formula is C13H15N3O5. The van der Waals surface area contributed by atoms with Gasteiger partial charge in [-0.15, -0.1) is 0 Å². The molecule has 0 aliphatic heterocycles. The average molecular weight is 293 g/mol. The summed E-state index contributed by atoms with van der Waals surface area (Å²) in [6.07, 6.45) is 2.56. The van der Waals surface area contributed by atoms with Gasteiger partial charge in [0.25, 0.3) is 11.6 Å². The fraction of sp³-hybridized carbons (Fsp3) is 0.462. The van der Waals surface area contributed by atoms with E-state index in [0.717, 1.165) is 25.1 Å². The Kier molecular flexibility index (Phi) is 3.88. The van der Waals surface area contributed by atoms with Crippen molar-refractivity contribution in [3.05, 3.63) is 33.6 Å². The van der Waals surface area contributed by atoms with Crippen molar-refractivity contribution in [3.8, 4) is 0 Å². The van der Waals surface area contributed by atoms with Crippen LogP contribution < -0.4 is 0 Å². The summed E-state index contributed by atoms with van der Waals surface area (Å²) in [6.45, 7) is 2.99. The maximum absolute atomic E-state index is 12.6. The van der Waals surface area contributed by atoms with Crippen molar-refractivity contribution in [2.24, 2.45) is 0 Å². The molecule has 0 bridgehead atoms. The monoisotopic (exact) mass is 293 g/mol. The molecule has 1 heterocycles. The molecule has 1 N–H and O–H groups in total. The number of nitrogens with zero attached hydrogens (tertiary/aromatic N) is 3. The number of aromatic nitrogens is 1. The lowest BCUT2D eigenvalue weighted by atomic mass is 10.1. The van der Waals surface area contributed by atoms with Gasteiger partial charge in [0.05, 0.1) is 16.2 Å². The van der Waals surface area contributed by atoms with Crippen LogP contribution in [0.25, 0.3) is 0 Å². The topological polar surface area (TPSA) is 114 Å². The van der Waals surface area contributed by atoms with E-state index in [9.17, 15) is 19.7 Å². The van der Waals surface area contributed by atoms with Gasteiger partial charge in [0, 0.05) is 12.1 Å². The summed E-state index contributed by atoms with van der Waals surface area (Å²) < 4.78 is 0. The van der Waals surface area contributed by atoms with E-state index in [2.05, 4.69) is 4.98 Å². The highest BCUT2D eigenvalue weighted by molar-refractivity contribution is 5.98. The Morgan fingerprint density at radius 1 is 1.52 bits per heavy atom. The van der Waals surface area contributed by atoms with Crippen LogP contribution in [0.1, 0.15) is 35.8 Å². The Labute approximate surface area is 120 Å². The van der Waals surface area contributed by atoms with E-state index in [1.54, 1.807) is 6.92 Å². The average Bonchev–Trinajstić information content (AvgIpc) is 3.23. The van der Waals surface area contributed by atoms with E-state index in [4.69, 9.17) is 5.11 Å². The highest BCUT2D eigenvalue weighted by Crippen LogP contribution is 2.31. The molecule has 1 amide bonds. The third-order valence-electron chi connectivity index (χ3n) is 3.46. The fourth-order valence-corrected chi connectivity index (χ4v) is 2.11. The van der Waals surface area contributed by atoms with Gasteiger partial charge in [0.2, 0.25) is 0 Å². The number of hydrogen-bond donors (Lipinski definition) is 1. The Bertz CT molecular complexity index is 612. The van der Waals surface area contributed by atoms with Gasteiger partial charge < -0.3 is 10.0 Å². The summed E-state index contributed by atoms with van der Waals surface area (Å²) in [5.74, 6) is -1.63. The number of amides is 1. The predicted octanol–water partition coefficient (Wildman–Crippen LogP) is 1.38. The number of aliphatic carboxylic acids is 1. The van der Waals surface area contributed by atoms with Crippen LogP contribution in [0.2, 0.25) is 0 Å². The van der Waals surface area contributed by atoms with E-state index >= 15 is 0 Å². The number of carboxylic acid groups (broad SMARTS) is 1. The summed E-state index contributed by atoms with van der Waals surface area (Å²) in [6, 6.07) is 0.0418. The molecule has 0 saturated heterocycles. The zero-order chi connectivity index (χ0) is 15.7. The summed E-state index contributed by atoms with van der Waals surface area (Å²) in [4.78, 5) is 39.0. The summed E-state index contributed by atoms with van der Waals surface area (Å²) in [5, 5.41) is 19.9. The maximum Gasteiger partial charge on any atom is 0.326 e. The van der Waals surface area contributed by atoms with Crippen molar-refractivity contribution in [1.29, 1.82) is 0 Å². The van der Waals surface area contributed by atoms with Gasteiger partial charge in [-0.3, -0.25) is 19.9 Å². The molecule has 1 aliphatic carbocycles. The van der Waals surface area contributed by atoms with Crippen LogP contribution in [0, 0.1) is 17.0 Å². The summed E-state index contributed by atoms with van der Waals surface area (Å²) >= 11 is 0. The minimum atomic E-state index is -1.11. The van der Waals surface area contributed by atoms with E-state index in [1.807, 2.05) is 0 Å². The Balaban J connectivity index is 2.39. The van der Waals surface area contributed by atoms with E-state index in [-0.39, 0.29) is 17.3 Å². The predicted molar refractivity (Wildman–Crippen MR) is 71.9 cm³/mol. The number of aryl methyl sites for hydroxylation is 1. The molecule has 1 fully saturated rings.